The van der Waals surface area contributed by atoms with Crippen LogP contribution < -0.4 is 0 Å². The molecule has 3 heterocycles. The summed E-state index contributed by atoms with van der Waals surface area (Å²) in [6.07, 6.45) is 3.40. The average molecular weight is 348 g/mol. The van der Waals surface area contributed by atoms with Gasteiger partial charge in [0.25, 0.3) is 5.91 Å². The van der Waals surface area contributed by atoms with E-state index in [1.165, 1.54) is 6.26 Å². The van der Waals surface area contributed by atoms with Crippen molar-refractivity contribution in [1.29, 1.82) is 0 Å². The third-order valence-electron chi connectivity index (χ3n) is 5.70. The number of hydrogen-bond acceptors (Lipinski definition) is 4. The van der Waals surface area contributed by atoms with Gasteiger partial charge in [0, 0.05) is 44.6 Å². The number of aliphatic hydroxyl groups excluding tert-OH is 1. The molecule has 2 aliphatic rings. The minimum absolute atomic E-state index is 0.0367. The van der Waals surface area contributed by atoms with E-state index < -0.39 is 0 Å². The first-order chi connectivity index (χ1) is 12.0. The predicted octanol–water partition coefficient (Wildman–Crippen LogP) is 1.85. The van der Waals surface area contributed by atoms with Gasteiger partial charge in [-0.3, -0.25) is 9.59 Å². The normalized spacial score (nSPS) is 25.0. The molecule has 0 aromatic carbocycles. The number of furan rings is 1. The van der Waals surface area contributed by atoms with Crippen LogP contribution in [0.5, 0.6) is 0 Å². The fourth-order valence-corrected chi connectivity index (χ4v) is 4.26. The molecule has 0 radical (unpaired) electrons. The highest BCUT2D eigenvalue weighted by molar-refractivity contribution is 5.91. The second-order valence-electron chi connectivity index (χ2n) is 7.61. The first-order valence-electron chi connectivity index (χ1n) is 9.23. The van der Waals surface area contributed by atoms with E-state index >= 15 is 0 Å². The Labute approximate surface area is 148 Å². The minimum Gasteiger partial charge on any atom is -0.459 e. The van der Waals surface area contributed by atoms with Gasteiger partial charge in [-0.1, -0.05) is 13.8 Å². The van der Waals surface area contributed by atoms with Crippen LogP contribution >= 0.6 is 0 Å². The monoisotopic (exact) mass is 348 g/mol. The van der Waals surface area contributed by atoms with Crippen LogP contribution in [0, 0.1) is 23.7 Å². The lowest BCUT2D eigenvalue weighted by Gasteiger charge is -2.37. The standard InChI is InChI=1S/C19H28N2O4/c1-13(2)18(23)20-7-5-14(6-8-20)16-11-21(10-15(16)12-22)19(24)17-4-3-9-25-17/h3-4,9,13-16,22H,5-8,10-12H2,1-2H3/t15-,16-/m0/s1. The fourth-order valence-electron chi connectivity index (χ4n) is 4.26. The molecule has 0 saturated carbocycles. The third-order valence-corrected chi connectivity index (χ3v) is 5.70. The lowest BCUT2D eigenvalue weighted by atomic mass is 9.78. The van der Waals surface area contributed by atoms with Crippen molar-refractivity contribution >= 4 is 11.8 Å². The second-order valence-corrected chi connectivity index (χ2v) is 7.61. The SMILES string of the molecule is CC(C)C(=O)N1CCC([C@@H]2CN(C(=O)c3ccco3)C[C@H]2CO)CC1. The van der Waals surface area contributed by atoms with Crippen LogP contribution in [0.4, 0.5) is 0 Å². The largest absolute Gasteiger partial charge is 0.459 e. The Bertz CT molecular complexity index is 591. The summed E-state index contributed by atoms with van der Waals surface area (Å²) in [5, 5.41) is 9.78. The second kappa shape index (κ2) is 7.60. The third kappa shape index (κ3) is 3.73. The van der Waals surface area contributed by atoms with E-state index in [0.29, 0.717) is 30.7 Å². The molecule has 2 aliphatic heterocycles. The quantitative estimate of drug-likeness (QED) is 0.901. The first-order valence-corrected chi connectivity index (χ1v) is 9.23. The Morgan fingerprint density at radius 1 is 1.24 bits per heavy atom. The zero-order valence-electron chi connectivity index (χ0n) is 15.1. The van der Waals surface area contributed by atoms with Crippen molar-refractivity contribution in [3.8, 4) is 0 Å². The highest BCUT2D eigenvalue weighted by Gasteiger charge is 2.41. The van der Waals surface area contributed by atoms with Gasteiger partial charge in [0.1, 0.15) is 0 Å². The van der Waals surface area contributed by atoms with Crippen LogP contribution in [-0.2, 0) is 4.79 Å². The molecule has 138 valence electrons. The Balaban J connectivity index is 1.60. The summed E-state index contributed by atoms with van der Waals surface area (Å²) < 4.78 is 5.22. The molecule has 0 bridgehead atoms. The number of carbonyl (C=O) groups is 2. The summed E-state index contributed by atoms with van der Waals surface area (Å²) in [5.74, 6) is 1.36. The van der Waals surface area contributed by atoms with E-state index in [2.05, 4.69) is 0 Å². The Morgan fingerprint density at radius 2 is 1.96 bits per heavy atom. The molecule has 3 rings (SSSR count). The van der Waals surface area contributed by atoms with E-state index in [4.69, 9.17) is 4.42 Å². The Kier molecular flexibility index (Phi) is 5.47. The van der Waals surface area contributed by atoms with Gasteiger partial charge in [-0.25, -0.2) is 0 Å². The van der Waals surface area contributed by atoms with Gasteiger partial charge in [-0.2, -0.15) is 0 Å². The topological polar surface area (TPSA) is 74.0 Å². The first kappa shape index (κ1) is 18.0. The number of rotatable bonds is 4. The van der Waals surface area contributed by atoms with Crippen molar-refractivity contribution in [1.82, 2.24) is 9.80 Å². The van der Waals surface area contributed by atoms with Gasteiger partial charge in [0.15, 0.2) is 5.76 Å². The molecule has 0 unspecified atom stereocenters. The highest BCUT2D eigenvalue weighted by atomic mass is 16.3. The maximum Gasteiger partial charge on any atom is 0.289 e. The van der Waals surface area contributed by atoms with Crippen molar-refractivity contribution in [3.63, 3.8) is 0 Å². The van der Waals surface area contributed by atoms with Gasteiger partial charge in [0.2, 0.25) is 5.91 Å². The smallest absolute Gasteiger partial charge is 0.289 e. The summed E-state index contributed by atoms with van der Waals surface area (Å²) in [6.45, 7) is 6.76. The lowest BCUT2D eigenvalue weighted by molar-refractivity contribution is -0.136. The molecule has 0 aliphatic carbocycles. The van der Waals surface area contributed by atoms with Crippen molar-refractivity contribution in [2.75, 3.05) is 32.8 Å². The molecule has 2 amide bonds. The van der Waals surface area contributed by atoms with Crippen molar-refractivity contribution < 1.29 is 19.1 Å². The highest BCUT2D eigenvalue weighted by Crippen LogP contribution is 2.36. The van der Waals surface area contributed by atoms with Gasteiger partial charge in [-0.05, 0) is 36.8 Å². The number of amides is 2. The molecule has 2 fully saturated rings. The molecule has 2 saturated heterocycles. The maximum atomic E-state index is 12.5. The number of aliphatic hydroxyl groups is 1. The summed E-state index contributed by atoms with van der Waals surface area (Å²) in [7, 11) is 0. The molecule has 1 aromatic heterocycles. The van der Waals surface area contributed by atoms with E-state index in [-0.39, 0.29) is 30.3 Å². The van der Waals surface area contributed by atoms with Crippen molar-refractivity contribution in [2.24, 2.45) is 23.7 Å². The zero-order chi connectivity index (χ0) is 18.0. The van der Waals surface area contributed by atoms with Crippen molar-refractivity contribution in [3.05, 3.63) is 24.2 Å². The van der Waals surface area contributed by atoms with Crippen LogP contribution in [-0.4, -0.2) is 59.5 Å². The van der Waals surface area contributed by atoms with Crippen molar-refractivity contribution in [2.45, 2.75) is 26.7 Å². The number of likely N-dealkylation sites (tertiary alicyclic amines) is 2. The molecule has 25 heavy (non-hydrogen) atoms. The van der Waals surface area contributed by atoms with Gasteiger partial charge >= 0.3 is 0 Å². The maximum absolute atomic E-state index is 12.5. The Hall–Kier alpha value is -1.82. The number of piperidine rings is 1. The van der Waals surface area contributed by atoms with E-state index in [1.807, 2.05) is 18.7 Å². The minimum atomic E-state index is -0.0987. The lowest BCUT2D eigenvalue weighted by Crippen LogP contribution is -2.43. The van der Waals surface area contributed by atoms with Gasteiger partial charge < -0.3 is 19.3 Å². The molecular formula is C19H28N2O4. The van der Waals surface area contributed by atoms with E-state index in [0.717, 1.165) is 25.9 Å². The van der Waals surface area contributed by atoms with Crippen LogP contribution in [0.2, 0.25) is 0 Å². The van der Waals surface area contributed by atoms with E-state index in [1.54, 1.807) is 17.0 Å². The molecular weight excluding hydrogens is 320 g/mol. The zero-order valence-corrected chi connectivity index (χ0v) is 15.1. The molecule has 0 spiro atoms. The molecule has 1 N–H and O–H groups in total. The number of nitrogens with zero attached hydrogens (tertiary/aromatic N) is 2. The molecule has 1 aromatic rings. The van der Waals surface area contributed by atoms with Crippen LogP contribution in [0.15, 0.2) is 22.8 Å². The fraction of sp³-hybridized carbons (Fsp3) is 0.684. The van der Waals surface area contributed by atoms with Crippen LogP contribution in [0.25, 0.3) is 0 Å². The number of hydrogen-bond donors (Lipinski definition) is 1. The van der Waals surface area contributed by atoms with Crippen LogP contribution in [0.1, 0.15) is 37.2 Å². The summed E-state index contributed by atoms with van der Waals surface area (Å²) >= 11 is 0. The molecule has 6 nitrogen and oxygen atoms in total. The predicted molar refractivity (Wildman–Crippen MR) is 92.8 cm³/mol. The molecule has 6 heteroatoms. The van der Waals surface area contributed by atoms with E-state index in [9.17, 15) is 14.7 Å². The average Bonchev–Trinajstić information content (AvgIpc) is 3.30. The van der Waals surface area contributed by atoms with Gasteiger partial charge in [0.05, 0.1) is 6.26 Å². The number of carbonyl (C=O) groups excluding carboxylic acids is 2. The van der Waals surface area contributed by atoms with Crippen LogP contribution in [0.3, 0.4) is 0 Å². The molecule has 2 atom stereocenters. The summed E-state index contributed by atoms with van der Waals surface area (Å²) in [5.41, 5.74) is 0. The summed E-state index contributed by atoms with van der Waals surface area (Å²) in [4.78, 5) is 28.4. The Morgan fingerprint density at radius 3 is 2.52 bits per heavy atom. The van der Waals surface area contributed by atoms with Gasteiger partial charge in [-0.15, -0.1) is 0 Å². The summed E-state index contributed by atoms with van der Waals surface area (Å²) in [6, 6.07) is 3.39.